The van der Waals surface area contributed by atoms with Crippen LogP contribution in [0.3, 0.4) is 0 Å². The number of rotatable bonds is 4. The van der Waals surface area contributed by atoms with Crippen LogP contribution in [0.1, 0.15) is 22.8 Å². The smallest absolute Gasteiger partial charge is 0.345 e. The van der Waals surface area contributed by atoms with Crippen LogP contribution >= 0.6 is 0 Å². The van der Waals surface area contributed by atoms with E-state index in [1.807, 2.05) is 50.1 Å². The quantitative estimate of drug-likeness (QED) is 0.871. The van der Waals surface area contributed by atoms with Crippen LogP contribution in [-0.4, -0.2) is 36.5 Å². The van der Waals surface area contributed by atoms with Crippen molar-refractivity contribution in [1.29, 1.82) is 0 Å². The zero-order valence-corrected chi connectivity index (χ0v) is 12.8. The van der Waals surface area contributed by atoms with E-state index in [1.54, 1.807) is 4.68 Å². The molecule has 2 rings (SSSR count). The summed E-state index contributed by atoms with van der Waals surface area (Å²) in [6, 6.07) is 7.77. The lowest BCUT2D eigenvalue weighted by atomic mass is 10.2. The molecule has 6 nitrogen and oxygen atoms in total. The summed E-state index contributed by atoms with van der Waals surface area (Å²) in [5, 5.41) is 4.48. The molecule has 2 aromatic rings. The highest BCUT2D eigenvalue weighted by atomic mass is 16.5. The van der Waals surface area contributed by atoms with Gasteiger partial charge in [0.1, 0.15) is 11.4 Å². The van der Waals surface area contributed by atoms with E-state index in [-0.39, 0.29) is 5.82 Å². The second kappa shape index (κ2) is 5.87. The zero-order valence-electron chi connectivity index (χ0n) is 12.8. The summed E-state index contributed by atoms with van der Waals surface area (Å²) in [6.45, 7) is 4.67. The Balaban J connectivity index is 2.63. The molecule has 0 aliphatic carbocycles. The first kappa shape index (κ1) is 14.9. The van der Waals surface area contributed by atoms with Gasteiger partial charge >= 0.3 is 5.97 Å². The Labute approximate surface area is 124 Å². The Morgan fingerprint density at radius 3 is 2.76 bits per heavy atom. The first-order valence-corrected chi connectivity index (χ1v) is 6.74. The summed E-state index contributed by atoms with van der Waals surface area (Å²) < 4.78 is 6.40. The number of aryl methyl sites for hydroxylation is 1. The molecule has 2 N–H and O–H groups in total. The highest BCUT2D eigenvalue weighted by Gasteiger charge is 2.25. The minimum Gasteiger partial charge on any atom is -0.465 e. The van der Waals surface area contributed by atoms with E-state index in [1.165, 1.54) is 7.11 Å². The van der Waals surface area contributed by atoms with Gasteiger partial charge in [0.05, 0.1) is 12.8 Å². The Kier molecular flexibility index (Phi) is 4.16. The van der Waals surface area contributed by atoms with E-state index < -0.39 is 5.97 Å². The van der Waals surface area contributed by atoms with Crippen LogP contribution in [-0.2, 0) is 4.74 Å². The maximum Gasteiger partial charge on any atom is 0.345 e. The maximum absolute atomic E-state index is 12.0. The number of carbonyl (C=O) groups is 1. The van der Waals surface area contributed by atoms with Crippen LogP contribution in [0.4, 0.5) is 11.6 Å². The van der Waals surface area contributed by atoms with Crippen LogP contribution in [0, 0.1) is 6.92 Å². The van der Waals surface area contributed by atoms with E-state index in [2.05, 4.69) is 5.10 Å². The molecule has 0 bridgehead atoms. The topological polar surface area (TPSA) is 73.4 Å². The van der Waals surface area contributed by atoms with Gasteiger partial charge in [-0.05, 0) is 31.5 Å². The Morgan fingerprint density at radius 2 is 2.19 bits per heavy atom. The number of aromatic nitrogens is 2. The lowest BCUT2D eigenvalue weighted by Gasteiger charge is -2.14. The summed E-state index contributed by atoms with van der Waals surface area (Å²) in [6.07, 6.45) is 0. The highest BCUT2D eigenvalue weighted by Crippen LogP contribution is 2.28. The van der Waals surface area contributed by atoms with Gasteiger partial charge in [0, 0.05) is 13.6 Å². The fourth-order valence-electron chi connectivity index (χ4n) is 2.09. The number of nitrogens with zero attached hydrogens (tertiary/aromatic N) is 3. The van der Waals surface area contributed by atoms with Gasteiger partial charge in [-0.2, -0.15) is 0 Å². The summed E-state index contributed by atoms with van der Waals surface area (Å²) in [5.74, 6) is 0.313. The monoisotopic (exact) mass is 288 g/mol. The fraction of sp³-hybridized carbons (Fsp3) is 0.333. The number of methoxy groups -OCH3 is 1. The van der Waals surface area contributed by atoms with Gasteiger partial charge in [-0.1, -0.05) is 12.1 Å². The van der Waals surface area contributed by atoms with E-state index in [9.17, 15) is 4.79 Å². The zero-order chi connectivity index (χ0) is 15.6. The molecular formula is C15H20N4O2. The molecule has 112 valence electrons. The van der Waals surface area contributed by atoms with Crippen LogP contribution < -0.4 is 10.6 Å². The number of carbonyl (C=O) groups excluding carboxylic acids is 1. The average Bonchev–Trinajstić information content (AvgIpc) is 2.83. The van der Waals surface area contributed by atoms with Crippen LogP contribution in [0.5, 0.6) is 0 Å². The molecule has 0 saturated heterocycles. The highest BCUT2D eigenvalue weighted by molar-refractivity contribution is 6.00. The molecule has 6 heteroatoms. The van der Waals surface area contributed by atoms with Gasteiger partial charge in [-0.25, -0.2) is 9.48 Å². The Morgan fingerprint density at radius 1 is 1.48 bits per heavy atom. The summed E-state index contributed by atoms with van der Waals surface area (Å²) >= 11 is 0. The molecule has 0 spiro atoms. The molecule has 0 aliphatic heterocycles. The predicted octanol–water partition coefficient (Wildman–Crippen LogP) is 2.01. The first-order valence-electron chi connectivity index (χ1n) is 6.74. The minimum atomic E-state index is -0.485. The SMILES string of the molecule is CCN(C)c1nn(-c2cccc(C)c2)c(N)c1C(=O)OC. The molecule has 0 amide bonds. The van der Waals surface area contributed by atoms with Crippen molar-refractivity contribution in [3.63, 3.8) is 0 Å². The van der Waals surface area contributed by atoms with Crippen LogP contribution in [0.2, 0.25) is 0 Å². The Bertz CT molecular complexity index is 664. The number of hydrogen-bond acceptors (Lipinski definition) is 5. The molecule has 0 atom stereocenters. The number of nitrogens with two attached hydrogens (primary N) is 1. The van der Waals surface area contributed by atoms with Gasteiger partial charge < -0.3 is 15.4 Å². The standard InChI is InChI=1S/C15H20N4O2/c1-5-18(3)14-12(15(20)21-4)13(16)19(17-14)11-8-6-7-10(2)9-11/h6-9H,5,16H2,1-4H3. The number of esters is 1. The van der Waals surface area contributed by atoms with Crippen molar-refractivity contribution in [3.8, 4) is 5.69 Å². The Hall–Kier alpha value is -2.50. The van der Waals surface area contributed by atoms with Gasteiger partial charge in [0.2, 0.25) is 0 Å². The lowest BCUT2D eigenvalue weighted by Crippen LogP contribution is -2.19. The van der Waals surface area contributed by atoms with Crippen molar-refractivity contribution >= 4 is 17.6 Å². The third-order valence-electron chi connectivity index (χ3n) is 3.37. The maximum atomic E-state index is 12.0. The fourth-order valence-corrected chi connectivity index (χ4v) is 2.09. The second-order valence-electron chi connectivity index (χ2n) is 4.84. The average molecular weight is 288 g/mol. The summed E-state index contributed by atoms with van der Waals surface area (Å²) in [5.41, 5.74) is 8.33. The van der Waals surface area contributed by atoms with Crippen molar-refractivity contribution in [3.05, 3.63) is 35.4 Å². The second-order valence-corrected chi connectivity index (χ2v) is 4.84. The van der Waals surface area contributed by atoms with Crippen molar-refractivity contribution in [2.24, 2.45) is 0 Å². The first-order chi connectivity index (χ1) is 9.99. The number of ether oxygens (including phenoxy) is 1. The molecule has 1 aromatic carbocycles. The van der Waals surface area contributed by atoms with Crippen molar-refractivity contribution in [2.75, 3.05) is 31.3 Å². The molecule has 1 heterocycles. The summed E-state index contributed by atoms with van der Waals surface area (Å²) in [7, 11) is 3.19. The third kappa shape index (κ3) is 2.69. The van der Waals surface area contributed by atoms with E-state index in [4.69, 9.17) is 10.5 Å². The van der Waals surface area contributed by atoms with Crippen molar-refractivity contribution in [2.45, 2.75) is 13.8 Å². The van der Waals surface area contributed by atoms with Gasteiger partial charge in [-0.3, -0.25) is 0 Å². The van der Waals surface area contributed by atoms with Crippen LogP contribution in [0.15, 0.2) is 24.3 Å². The molecule has 0 fully saturated rings. The number of nitrogen functional groups attached to an aromatic ring is 1. The molecule has 0 unspecified atom stereocenters. The molecule has 0 radical (unpaired) electrons. The van der Waals surface area contributed by atoms with E-state index in [0.717, 1.165) is 11.3 Å². The molecule has 21 heavy (non-hydrogen) atoms. The van der Waals surface area contributed by atoms with Gasteiger partial charge in [0.15, 0.2) is 5.82 Å². The number of benzene rings is 1. The molecular weight excluding hydrogens is 268 g/mol. The van der Waals surface area contributed by atoms with Crippen LogP contribution in [0.25, 0.3) is 5.69 Å². The minimum absolute atomic E-state index is 0.280. The number of hydrogen-bond donors (Lipinski definition) is 1. The lowest BCUT2D eigenvalue weighted by molar-refractivity contribution is 0.0602. The number of anilines is 2. The predicted molar refractivity (Wildman–Crippen MR) is 83.0 cm³/mol. The van der Waals surface area contributed by atoms with E-state index in [0.29, 0.717) is 17.9 Å². The summed E-state index contributed by atoms with van der Waals surface area (Å²) in [4.78, 5) is 13.9. The molecule has 0 saturated carbocycles. The third-order valence-corrected chi connectivity index (χ3v) is 3.37. The molecule has 0 aliphatic rings. The van der Waals surface area contributed by atoms with Crippen molar-refractivity contribution < 1.29 is 9.53 Å². The van der Waals surface area contributed by atoms with E-state index >= 15 is 0 Å². The van der Waals surface area contributed by atoms with Gasteiger partial charge in [0.25, 0.3) is 0 Å². The largest absolute Gasteiger partial charge is 0.465 e. The van der Waals surface area contributed by atoms with Gasteiger partial charge in [-0.15, -0.1) is 5.10 Å². The van der Waals surface area contributed by atoms with Crippen molar-refractivity contribution in [1.82, 2.24) is 9.78 Å². The normalized spacial score (nSPS) is 10.5. The molecule has 1 aromatic heterocycles.